The molecule has 1 heterocycles. The van der Waals surface area contributed by atoms with Gasteiger partial charge in [0.2, 0.25) is 0 Å². The van der Waals surface area contributed by atoms with Crippen LogP contribution in [-0.2, 0) is 0 Å². The van der Waals surface area contributed by atoms with E-state index in [-0.39, 0.29) is 6.04 Å². The molecule has 0 aromatic carbocycles. The summed E-state index contributed by atoms with van der Waals surface area (Å²) >= 11 is 3.22. The van der Waals surface area contributed by atoms with E-state index in [1.54, 1.807) is 0 Å². The van der Waals surface area contributed by atoms with Crippen LogP contribution in [0.4, 0.5) is 0 Å². The second-order valence-electron chi connectivity index (χ2n) is 2.91. The predicted octanol–water partition coefficient (Wildman–Crippen LogP) is 3.01. The van der Waals surface area contributed by atoms with E-state index in [2.05, 4.69) is 22.5 Å². The minimum atomic E-state index is -0.0752. The summed E-state index contributed by atoms with van der Waals surface area (Å²) in [5, 5.41) is 0. The summed E-state index contributed by atoms with van der Waals surface area (Å²) in [7, 11) is 0. The van der Waals surface area contributed by atoms with Crippen LogP contribution in [0.15, 0.2) is 33.4 Å². The number of hydrogen-bond donors (Lipinski definition) is 1. The van der Waals surface area contributed by atoms with E-state index in [4.69, 9.17) is 10.2 Å². The largest absolute Gasteiger partial charge is 0.453 e. The monoisotopic (exact) mass is 229 g/mol. The van der Waals surface area contributed by atoms with E-state index in [0.29, 0.717) is 0 Å². The van der Waals surface area contributed by atoms with Crippen molar-refractivity contribution in [2.45, 2.75) is 19.4 Å². The Bertz CT molecular complexity index is 280. The highest BCUT2D eigenvalue weighted by molar-refractivity contribution is 9.10. The lowest BCUT2D eigenvalue weighted by Crippen LogP contribution is -2.09. The molecule has 1 rings (SSSR count). The van der Waals surface area contributed by atoms with E-state index in [1.807, 2.05) is 19.1 Å². The van der Waals surface area contributed by atoms with E-state index >= 15 is 0 Å². The first-order chi connectivity index (χ1) is 5.59. The SMILES string of the molecule is C=C(C)C[C@H](N)c1ccc(Br)o1. The highest BCUT2D eigenvalue weighted by atomic mass is 79.9. The van der Waals surface area contributed by atoms with Crippen molar-refractivity contribution in [2.24, 2.45) is 5.73 Å². The van der Waals surface area contributed by atoms with Crippen molar-refractivity contribution >= 4 is 15.9 Å². The molecule has 2 nitrogen and oxygen atoms in total. The van der Waals surface area contributed by atoms with Gasteiger partial charge in [-0.05, 0) is 41.4 Å². The fourth-order valence-corrected chi connectivity index (χ4v) is 1.32. The first kappa shape index (κ1) is 9.55. The second kappa shape index (κ2) is 3.92. The Labute approximate surface area is 80.6 Å². The molecule has 0 aliphatic rings. The quantitative estimate of drug-likeness (QED) is 0.810. The molecule has 66 valence electrons. The molecule has 0 bridgehead atoms. The minimum absolute atomic E-state index is 0.0752. The van der Waals surface area contributed by atoms with Gasteiger partial charge in [0.15, 0.2) is 4.67 Å². The third-order valence-electron chi connectivity index (χ3n) is 1.53. The third kappa shape index (κ3) is 2.50. The highest BCUT2D eigenvalue weighted by Gasteiger charge is 2.09. The molecule has 0 saturated carbocycles. The second-order valence-corrected chi connectivity index (χ2v) is 3.69. The number of furan rings is 1. The van der Waals surface area contributed by atoms with Gasteiger partial charge in [0.05, 0.1) is 6.04 Å². The minimum Gasteiger partial charge on any atom is -0.453 e. The maximum absolute atomic E-state index is 5.83. The molecule has 0 saturated heterocycles. The van der Waals surface area contributed by atoms with Crippen molar-refractivity contribution in [3.8, 4) is 0 Å². The molecule has 12 heavy (non-hydrogen) atoms. The standard InChI is InChI=1S/C9H12BrNO/c1-6(2)5-7(11)8-3-4-9(10)12-8/h3-4,7H,1,5,11H2,2H3/t7-/m0/s1. The van der Waals surface area contributed by atoms with Gasteiger partial charge in [-0.2, -0.15) is 0 Å². The van der Waals surface area contributed by atoms with E-state index in [9.17, 15) is 0 Å². The Morgan fingerprint density at radius 3 is 2.83 bits per heavy atom. The van der Waals surface area contributed by atoms with Gasteiger partial charge in [-0.3, -0.25) is 0 Å². The summed E-state index contributed by atoms with van der Waals surface area (Å²) in [4.78, 5) is 0. The molecule has 0 spiro atoms. The number of rotatable bonds is 3. The zero-order valence-corrected chi connectivity index (χ0v) is 8.60. The average Bonchev–Trinajstić information content (AvgIpc) is 2.34. The van der Waals surface area contributed by atoms with Gasteiger partial charge >= 0.3 is 0 Å². The molecule has 0 radical (unpaired) electrons. The Morgan fingerprint density at radius 1 is 1.75 bits per heavy atom. The van der Waals surface area contributed by atoms with Gasteiger partial charge in [0.1, 0.15) is 5.76 Å². The van der Waals surface area contributed by atoms with Crippen molar-refractivity contribution in [3.05, 3.63) is 34.7 Å². The molecule has 1 aromatic rings. The summed E-state index contributed by atoms with van der Waals surface area (Å²) in [6, 6.07) is 3.64. The van der Waals surface area contributed by atoms with E-state index < -0.39 is 0 Å². The van der Waals surface area contributed by atoms with Gasteiger partial charge in [-0.25, -0.2) is 0 Å². The molecular formula is C9H12BrNO. The van der Waals surface area contributed by atoms with Crippen molar-refractivity contribution in [1.82, 2.24) is 0 Å². The topological polar surface area (TPSA) is 39.2 Å². The number of nitrogens with two attached hydrogens (primary N) is 1. The predicted molar refractivity (Wildman–Crippen MR) is 52.8 cm³/mol. The van der Waals surface area contributed by atoms with E-state index in [1.165, 1.54) is 0 Å². The zero-order chi connectivity index (χ0) is 9.14. The first-order valence-electron chi connectivity index (χ1n) is 3.75. The average molecular weight is 230 g/mol. The van der Waals surface area contributed by atoms with Crippen LogP contribution in [0.2, 0.25) is 0 Å². The van der Waals surface area contributed by atoms with Crippen LogP contribution in [0, 0.1) is 0 Å². The van der Waals surface area contributed by atoms with Gasteiger partial charge in [-0.1, -0.05) is 5.57 Å². The molecule has 0 fully saturated rings. The van der Waals surface area contributed by atoms with Crippen molar-refractivity contribution < 1.29 is 4.42 Å². The maximum atomic E-state index is 5.83. The summed E-state index contributed by atoms with van der Waals surface area (Å²) in [5.41, 5.74) is 6.90. The van der Waals surface area contributed by atoms with Crippen molar-refractivity contribution in [1.29, 1.82) is 0 Å². The molecule has 1 aromatic heterocycles. The Kier molecular flexibility index (Phi) is 3.12. The van der Waals surface area contributed by atoms with Crippen LogP contribution in [-0.4, -0.2) is 0 Å². The van der Waals surface area contributed by atoms with Crippen LogP contribution in [0.25, 0.3) is 0 Å². The highest BCUT2D eigenvalue weighted by Crippen LogP contribution is 2.22. The van der Waals surface area contributed by atoms with Gasteiger partial charge in [0.25, 0.3) is 0 Å². The van der Waals surface area contributed by atoms with Crippen molar-refractivity contribution in [2.75, 3.05) is 0 Å². The maximum Gasteiger partial charge on any atom is 0.169 e. The molecule has 3 heteroatoms. The Hall–Kier alpha value is -0.540. The summed E-state index contributed by atoms with van der Waals surface area (Å²) in [6.07, 6.45) is 0.764. The fraction of sp³-hybridized carbons (Fsp3) is 0.333. The lowest BCUT2D eigenvalue weighted by atomic mass is 10.1. The molecule has 0 unspecified atom stereocenters. The third-order valence-corrected chi connectivity index (χ3v) is 1.95. The molecule has 0 aliphatic carbocycles. The van der Waals surface area contributed by atoms with Crippen LogP contribution < -0.4 is 5.73 Å². The van der Waals surface area contributed by atoms with Crippen LogP contribution >= 0.6 is 15.9 Å². The number of halogens is 1. The molecule has 2 N–H and O–H groups in total. The van der Waals surface area contributed by atoms with Crippen LogP contribution in [0.1, 0.15) is 25.1 Å². The summed E-state index contributed by atoms with van der Waals surface area (Å²) in [6.45, 7) is 5.75. The molecule has 1 atom stereocenters. The number of hydrogen-bond acceptors (Lipinski definition) is 2. The van der Waals surface area contributed by atoms with Crippen LogP contribution in [0.5, 0.6) is 0 Å². The lowest BCUT2D eigenvalue weighted by Gasteiger charge is -2.06. The van der Waals surface area contributed by atoms with Gasteiger partial charge in [-0.15, -0.1) is 6.58 Å². The van der Waals surface area contributed by atoms with Gasteiger partial charge in [0, 0.05) is 0 Å². The van der Waals surface area contributed by atoms with E-state index in [0.717, 1.165) is 22.4 Å². The summed E-state index contributed by atoms with van der Waals surface area (Å²) < 4.78 is 6.01. The smallest absolute Gasteiger partial charge is 0.169 e. The normalized spacial score (nSPS) is 12.9. The molecule has 0 aliphatic heterocycles. The molecule has 0 amide bonds. The first-order valence-corrected chi connectivity index (χ1v) is 4.54. The Morgan fingerprint density at radius 2 is 2.42 bits per heavy atom. The summed E-state index contributed by atoms with van der Waals surface area (Å²) in [5.74, 6) is 0.796. The van der Waals surface area contributed by atoms with Gasteiger partial charge < -0.3 is 10.2 Å². The Balaban J connectivity index is 2.64. The molecular weight excluding hydrogens is 218 g/mol. The lowest BCUT2D eigenvalue weighted by molar-refractivity contribution is 0.447. The van der Waals surface area contributed by atoms with Crippen molar-refractivity contribution in [3.63, 3.8) is 0 Å². The van der Waals surface area contributed by atoms with Crippen LogP contribution in [0.3, 0.4) is 0 Å². The fourth-order valence-electron chi connectivity index (χ4n) is 1.00. The zero-order valence-electron chi connectivity index (χ0n) is 7.01.